The number of rotatable bonds is 10. The number of nitrogens with zero attached hydrogens (tertiary/aromatic N) is 3. The summed E-state index contributed by atoms with van der Waals surface area (Å²) in [5.74, 6) is 0. The van der Waals surface area contributed by atoms with Crippen molar-refractivity contribution in [2.24, 2.45) is 5.11 Å². The summed E-state index contributed by atoms with van der Waals surface area (Å²) in [7, 11) is 0.633. The zero-order chi connectivity index (χ0) is 20.7. The number of hydrogen-bond donors (Lipinski definition) is 0. The lowest BCUT2D eigenvalue weighted by atomic mass is 9.97. The predicted molar refractivity (Wildman–Crippen MR) is 99.4 cm³/mol. The number of aldehydes is 1. The number of methoxy groups -OCH3 is 2. The van der Waals surface area contributed by atoms with Crippen LogP contribution in [0.4, 0.5) is 0 Å². The van der Waals surface area contributed by atoms with Gasteiger partial charge < -0.3 is 32.9 Å². The van der Waals surface area contributed by atoms with E-state index < -0.39 is 39.0 Å². The van der Waals surface area contributed by atoms with E-state index in [0.29, 0.717) is 6.29 Å². The van der Waals surface area contributed by atoms with Gasteiger partial charge in [0, 0.05) is 19.1 Å². The van der Waals surface area contributed by atoms with Crippen molar-refractivity contribution in [3.05, 3.63) is 10.4 Å². The molecule has 1 aliphatic heterocycles. The molecule has 0 aromatic heterocycles. The minimum absolute atomic E-state index is 0.0760. The second-order valence-electron chi connectivity index (χ2n) is 7.75. The lowest BCUT2D eigenvalue weighted by Gasteiger charge is -2.47. The first kappa shape index (κ1) is 24.0. The number of carbonyl (C=O) groups is 1. The second kappa shape index (κ2) is 10.5. The minimum Gasteiger partial charge on any atom is -0.392 e. The van der Waals surface area contributed by atoms with E-state index in [9.17, 15) is 4.79 Å². The van der Waals surface area contributed by atoms with Crippen molar-refractivity contribution in [3.8, 4) is 0 Å². The van der Waals surface area contributed by atoms with Crippen LogP contribution in [-0.2, 0) is 32.9 Å². The molecule has 0 aromatic rings. The molecule has 1 aliphatic rings. The van der Waals surface area contributed by atoms with Crippen molar-refractivity contribution in [2.45, 2.75) is 69.5 Å². The third-order valence-electron chi connectivity index (χ3n) is 4.85. The summed E-state index contributed by atoms with van der Waals surface area (Å²) >= 11 is 0. The molecule has 0 amide bonds. The van der Waals surface area contributed by atoms with Gasteiger partial charge in [0.2, 0.25) is 0 Å². The summed E-state index contributed by atoms with van der Waals surface area (Å²) in [6, 6.07) is -0.864. The van der Waals surface area contributed by atoms with E-state index in [2.05, 4.69) is 30.8 Å². The maximum atomic E-state index is 11.6. The van der Waals surface area contributed by atoms with Crippen molar-refractivity contribution in [1.82, 2.24) is 0 Å². The molecule has 0 aliphatic carbocycles. The Hall–Kier alpha value is -1.04. The first-order valence-corrected chi connectivity index (χ1v) is 11.6. The van der Waals surface area contributed by atoms with Gasteiger partial charge in [0.05, 0.1) is 0 Å². The quantitative estimate of drug-likeness (QED) is 0.137. The fourth-order valence-corrected chi connectivity index (χ4v) is 3.51. The molecule has 0 aromatic carbocycles. The van der Waals surface area contributed by atoms with Gasteiger partial charge in [0.25, 0.3) is 0 Å². The third kappa shape index (κ3) is 6.23. The van der Waals surface area contributed by atoms with E-state index in [4.69, 9.17) is 33.6 Å². The van der Waals surface area contributed by atoms with Crippen molar-refractivity contribution in [2.75, 3.05) is 27.8 Å². The van der Waals surface area contributed by atoms with E-state index in [1.165, 1.54) is 14.2 Å². The maximum absolute atomic E-state index is 11.6. The Bertz CT molecular complexity index is 523. The lowest BCUT2D eigenvalue weighted by molar-refractivity contribution is -0.268. The predicted octanol–water partition coefficient (Wildman–Crippen LogP) is 2.59. The standard InChI is InChI=1S/C16H31N3O7Si/c1-16(2,3)27(6,7)26-15-12(18-19-17)14(24-10-22-5)13(23-9-21-4)11(8-20)25-15/h8,11-15H,9-10H2,1-7H3/t11-,12+,13-,14-,15-/m0/s1. The largest absolute Gasteiger partial charge is 0.392 e. The van der Waals surface area contributed by atoms with Gasteiger partial charge in [0.15, 0.2) is 20.9 Å². The van der Waals surface area contributed by atoms with E-state index >= 15 is 0 Å². The molecule has 5 atom stereocenters. The topological polar surface area (TPSA) is 121 Å². The van der Waals surface area contributed by atoms with Crippen LogP contribution in [0, 0.1) is 0 Å². The minimum atomic E-state index is -2.29. The smallest absolute Gasteiger partial charge is 0.195 e. The van der Waals surface area contributed by atoms with Crippen molar-refractivity contribution < 1.29 is 32.9 Å². The van der Waals surface area contributed by atoms with Crippen LogP contribution in [0.3, 0.4) is 0 Å². The Kier molecular flexibility index (Phi) is 9.32. The molecule has 10 nitrogen and oxygen atoms in total. The first-order chi connectivity index (χ1) is 12.6. The van der Waals surface area contributed by atoms with E-state index in [1.807, 2.05) is 13.1 Å². The third-order valence-corrected chi connectivity index (χ3v) is 9.28. The van der Waals surface area contributed by atoms with Gasteiger partial charge in [-0.05, 0) is 23.7 Å². The average molecular weight is 406 g/mol. The van der Waals surface area contributed by atoms with Crippen LogP contribution in [0.1, 0.15) is 20.8 Å². The van der Waals surface area contributed by atoms with Gasteiger partial charge in [-0.3, -0.25) is 0 Å². The van der Waals surface area contributed by atoms with Crippen molar-refractivity contribution in [1.29, 1.82) is 0 Å². The zero-order valence-corrected chi connectivity index (χ0v) is 18.1. The number of carbonyl (C=O) groups excluding carboxylic acids is 1. The maximum Gasteiger partial charge on any atom is 0.195 e. The second-order valence-corrected chi connectivity index (χ2v) is 12.5. The fraction of sp³-hybridized carbons (Fsp3) is 0.938. The van der Waals surface area contributed by atoms with Crippen LogP contribution in [0.5, 0.6) is 0 Å². The SMILES string of the molecule is COCO[C@@H]1[C@@H](OCOC)[C@@H](N=[N+]=[N-])[C@H](O[Si](C)(C)C(C)(C)C)O[C@H]1C=O. The van der Waals surface area contributed by atoms with Gasteiger partial charge in [-0.25, -0.2) is 0 Å². The Morgan fingerprint density at radius 1 is 1.15 bits per heavy atom. The summed E-state index contributed by atoms with van der Waals surface area (Å²) < 4.78 is 33.3. The molecule has 1 rings (SSSR count). The highest BCUT2D eigenvalue weighted by Gasteiger charge is 2.51. The highest BCUT2D eigenvalue weighted by molar-refractivity contribution is 6.74. The van der Waals surface area contributed by atoms with Crippen LogP contribution in [0.25, 0.3) is 10.4 Å². The van der Waals surface area contributed by atoms with Gasteiger partial charge in [-0.15, -0.1) is 0 Å². The Labute approximate surface area is 161 Å². The summed E-state index contributed by atoms with van der Waals surface area (Å²) in [6.07, 6.45) is -2.94. The Balaban J connectivity index is 3.23. The van der Waals surface area contributed by atoms with Gasteiger partial charge in [-0.1, -0.05) is 25.9 Å². The van der Waals surface area contributed by atoms with Crippen LogP contribution >= 0.6 is 0 Å². The molecule has 0 N–H and O–H groups in total. The first-order valence-electron chi connectivity index (χ1n) is 8.66. The normalized spacial score (nSPS) is 29.2. The molecule has 1 saturated heterocycles. The Morgan fingerprint density at radius 2 is 1.70 bits per heavy atom. The number of ether oxygens (including phenoxy) is 5. The Morgan fingerprint density at radius 3 is 2.15 bits per heavy atom. The molecule has 1 fully saturated rings. The molecule has 0 saturated carbocycles. The van der Waals surface area contributed by atoms with Crippen LogP contribution in [-0.4, -0.2) is 73.1 Å². The monoisotopic (exact) mass is 405 g/mol. The fourth-order valence-electron chi connectivity index (χ4n) is 2.38. The molecule has 0 unspecified atom stereocenters. The molecule has 0 bridgehead atoms. The highest BCUT2D eigenvalue weighted by atomic mass is 28.4. The van der Waals surface area contributed by atoms with E-state index in [1.54, 1.807) is 0 Å². The molecule has 27 heavy (non-hydrogen) atoms. The summed E-state index contributed by atoms with van der Waals surface area (Å²) in [5, 5.41) is 3.72. The average Bonchev–Trinajstić information content (AvgIpc) is 2.59. The van der Waals surface area contributed by atoms with Gasteiger partial charge >= 0.3 is 0 Å². The highest BCUT2D eigenvalue weighted by Crippen LogP contribution is 2.40. The molecule has 0 spiro atoms. The van der Waals surface area contributed by atoms with E-state index in [0.717, 1.165) is 0 Å². The molecule has 11 heteroatoms. The van der Waals surface area contributed by atoms with Crippen LogP contribution in [0.2, 0.25) is 18.1 Å². The summed E-state index contributed by atoms with van der Waals surface area (Å²) in [4.78, 5) is 14.6. The van der Waals surface area contributed by atoms with Crippen molar-refractivity contribution >= 4 is 14.6 Å². The zero-order valence-electron chi connectivity index (χ0n) is 17.1. The molecular weight excluding hydrogens is 374 g/mol. The molecule has 156 valence electrons. The number of hydrogen-bond acceptors (Lipinski definition) is 8. The molecule has 0 radical (unpaired) electrons. The van der Waals surface area contributed by atoms with Gasteiger partial charge in [0.1, 0.15) is 37.9 Å². The van der Waals surface area contributed by atoms with Crippen LogP contribution in [0.15, 0.2) is 5.11 Å². The number of azide groups is 1. The summed E-state index contributed by atoms with van der Waals surface area (Å²) in [5.41, 5.74) is 9.06. The molecule has 1 heterocycles. The molecular formula is C16H31N3O7Si. The van der Waals surface area contributed by atoms with Crippen LogP contribution < -0.4 is 0 Å². The van der Waals surface area contributed by atoms with Gasteiger partial charge in [-0.2, -0.15) is 0 Å². The lowest BCUT2D eigenvalue weighted by Crippen LogP contribution is -2.62. The van der Waals surface area contributed by atoms with Crippen molar-refractivity contribution in [3.63, 3.8) is 0 Å². The summed E-state index contributed by atoms with van der Waals surface area (Å²) in [6.45, 7) is 10.1. The van der Waals surface area contributed by atoms with E-state index in [-0.39, 0.29) is 18.6 Å².